The predicted octanol–water partition coefficient (Wildman–Crippen LogP) is 17.3. The lowest BCUT2D eigenvalue weighted by atomic mass is 9.81. The molecule has 11 aromatic rings. The highest BCUT2D eigenvalue weighted by Crippen LogP contribution is 2.49. The first-order chi connectivity index (χ1) is 32.3. The van der Waals surface area contributed by atoms with Crippen molar-refractivity contribution in [3.05, 3.63) is 216 Å². The van der Waals surface area contributed by atoms with Crippen LogP contribution in [0.1, 0.15) is 47.9 Å². The second-order valence-corrected chi connectivity index (χ2v) is 19.9. The molecule has 1 aliphatic carbocycles. The molecule has 0 saturated carbocycles. The average Bonchev–Trinajstić information content (AvgIpc) is 4.00. The summed E-state index contributed by atoms with van der Waals surface area (Å²) in [6.07, 6.45) is 4.28. The fourth-order valence-electron chi connectivity index (χ4n) is 9.79. The molecule has 8 aromatic carbocycles. The molecule has 5 heteroatoms. The van der Waals surface area contributed by atoms with Gasteiger partial charge in [-0.3, -0.25) is 0 Å². The minimum absolute atomic E-state index is 0.0691. The van der Waals surface area contributed by atoms with E-state index in [0.717, 1.165) is 49.4 Å². The van der Waals surface area contributed by atoms with Gasteiger partial charge in [-0.05, 0) is 117 Å². The van der Waals surface area contributed by atoms with E-state index < -0.39 is 0 Å². The monoisotopic (exact) mass is 881 g/mol. The van der Waals surface area contributed by atoms with Crippen LogP contribution in [-0.2, 0) is 5.41 Å². The van der Waals surface area contributed by atoms with Crippen molar-refractivity contribution < 1.29 is 0 Å². The molecule has 3 nitrogen and oxygen atoms in total. The van der Waals surface area contributed by atoms with Gasteiger partial charge in [-0.25, -0.2) is 15.0 Å². The second-order valence-electron chi connectivity index (χ2n) is 17.7. The molecule has 0 amide bonds. The summed E-state index contributed by atoms with van der Waals surface area (Å²) in [6.45, 7) is 11.1. The third kappa shape index (κ3) is 6.82. The van der Waals surface area contributed by atoms with Gasteiger partial charge in [0.1, 0.15) is 0 Å². The highest BCUT2D eigenvalue weighted by molar-refractivity contribution is 7.25. The Morgan fingerprint density at radius 1 is 0.455 bits per heavy atom. The van der Waals surface area contributed by atoms with E-state index in [-0.39, 0.29) is 5.41 Å². The zero-order valence-electron chi connectivity index (χ0n) is 36.8. The number of hydrogen-bond acceptors (Lipinski definition) is 5. The number of hydrogen-bond donors (Lipinski definition) is 0. The van der Waals surface area contributed by atoms with E-state index in [2.05, 4.69) is 197 Å². The van der Waals surface area contributed by atoms with Gasteiger partial charge in [-0.2, -0.15) is 0 Å². The van der Waals surface area contributed by atoms with Crippen molar-refractivity contribution in [3.8, 4) is 67.5 Å². The lowest BCUT2D eigenvalue weighted by Crippen LogP contribution is -2.14. The molecule has 0 radical (unpaired) electrons. The number of rotatable bonds is 8. The Labute approximate surface area is 392 Å². The normalized spacial score (nSPS) is 13.0. The van der Waals surface area contributed by atoms with Crippen LogP contribution >= 0.6 is 22.7 Å². The molecule has 0 atom stereocenters. The first kappa shape index (κ1) is 40.0. The van der Waals surface area contributed by atoms with Gasteiger partial charge >= 0.3 is 0 Å². The summed E-state index contributed by atoms with van der Waals surface area (Å²) in [4.78, 5) is 16.8. The van der Waals surface area contributed by atoms with Gasteiger partial charge in [0.05, 0.1) is 0 Å². The number of benzene rings is 8. The highest BCUT2D eigenvalue weighted by atomic mass is 32.1. The molecule has 0 bridgehead atoms. The Hall–Kier alpha value is -7.57. The van der Waals surface area contributed by atoms with E-state index in [4.69, 9.17) is 15.0 Å². The van der Waals surface area contributed by atoms with Crippen molar-refractivity contribution in [1.29, 1.82) is 0 Å². The van der Waals surface area contributed by atoms with Gasteiger partial charge < -0.3 is 0 Å². The Kier molecular flexibility index (Phi) is 9.60. The zero-order chi connectivity index (χ0) is 44.5. The van der Waals surface area contributed by atoms with E-state index in [1.54, 1.807) is 11.3 Å². The molecular formula is C61H43N3S2. The summed E-state index contributed by atoms with van der Waals surface area (Å²) in [6, 6.07) is 65.5. The molecule has 0 saturated heterocycles. The second kappa shape index (κ2) is 15.8. The van der Waals surface area contributed by atoms with Gasteiger partial charge in [0.15, 0.2) is 17.5 Å². The van der Waals surface area contributed by atoms with E-state index in [1.165, 1.54) is 63.6 Å². The fourth-order valence-corrected chi connectivity index (χ4v) is 11.9. The summed E-state index contributed by atoms with van der Waals surface area (Å²) in [5.41, 5.74) is 16.1. The lowest BCUT2D eigenvalue weighted by molar-refractivity contribution is 0.660. The van der Waals surface area contributed by atoms with Crippen LogP contribution in [0.5, 0.6) is 0 Å². The number of fused-ring (bicyclic) bond motifs is 7. The minimum atomic E-state index is -0.0691. The third-order valence-electron chi connectivity index (χ3n) is 13.3. The summed E-state index contributed by atoms with van der Waals surface area (Å²) >= 11 is 3.61. The van der Waals surface area contributed by atoms with Gasteiger partial charge in [0.25, 0.3) is 0 Å². The average molecular weight is 882 g/mol. The van der Waals surface area contributed by atoms with Crippen molar-refractivity contribution in [2.45, 2.75) is 26.2 Å². The van der Waals surface area contributed by atoms with Crippen molar-refractivity contribution in [2.24, 2.45) is 0 Å². The SMILES string of the molecule is C=Cc1sc2ccccc2c1/C=C(\C)c1cc(-c2ccc3sc4ccccc4c3c2)cc(-c2nc(-c3ccccc3)nc(-c3ccc(-c4ccc5c(c4)C(C)(C)c4ccccc4-5)cc3)n2)c1. The Morgan fingerprint density at radius 3 is 1.79 bits per heavy atom. The smallest absolute Gasteiger partial charge is 0.164 e. The van der Waals surface area contributed by atoms with E-state index in [0.29, 0.717) is 17.5 Å². The first-order valence-corrected chi connectivity index (χ1v) is 24.0. The Balaban J connectivity index is 0.998. The molecule has 1 aliphatic rings. The van der Waals surface area contributed by atoms with Crippen molar-refractivity contribution in [3.63, 3.8) is 0 Å². The number of nitrogens with zero attached hydrogens (tertiary/aromatic N) is 3. The molecular weight excluding hydrogens is 839 g/mol. The van der Waals surface area contributed by atoms with Crippen LogP contribution in [0.2, 0.25) is 0 Å². The molecule has 0 aliphatic heterocycles. The van der Waals surface area contributed by atoms with Crippen LogP contribution in [0.25, 0.3) is 116 Å². The van der Waals surface area contributed by atoms with Crippen LogP contribution < -0.4 is 0 Å². The third-order valence-corrected chi connectivity index (χ3v) is 15.6. The van der Waals surface area contributed by atoms with Gasteiger partial charge in [-0.15, -0.1) is 22.7 Å². The molecule has 0 spiro atoms. The summed E-state index contributed by atoms with van der Waals surface area (Å²) in [5.74, 6) is 1.88. The molecule has 0 fully saturated rings. The molecule has 0 N–H and O–H groups in total. The maximum atomic E-state index is 5.30. The number of aromatic nitrogens is 3. The topological polar surface area (TPSA) is 38.7 Å². The molecule has 3 aromatic heterocycles. The quantitative estimate of drug-likeness (QED) is 0.153. The number of thiophene rings is 2. The van der Waals surface area contributed by atoms with E-state index in [1.807, 2.05) is 35.6 Å². The van der Waals surface area contributed by atoms with Crippen LogP contribution in [-0.4, -0.2) is 15.0 Å². The predicted molar refractivity (Wildman–Crippen MR) is 283 cm³/mol. The molecule has 314 valence electrons. The Morgan fingerprint density at radius 2 is 1.02 bits per heavy atom. The minimum Gasteiger partial charge on any atom is -0.208 e. The number of allylic oxidation sites excluding steroid dienone is 1. The maximum absolute atomic E-state index is 5.30. The summed E-state index contributed by atoms with van der Waals surface area (Å²) in [7, 11) is 0. The molecule has 3 heterocycles. The van der Waals surface area contributed by atoms with Gasteiger partial charge in [-0.1, -0.05) is 160 Å². The maximum Gasteiger partial charge on any atom is 0.164 e. The zero-order valence-corrected chi connectivity index (χ0v) is 38.5. The van der Waals surface area contributed by atoms with Crippen molar-refractivity contribution in [2.75, 3.05) is 0 Å². The largest absolute Gasteiger partial charge is 0.208 e. The summed E-state index contributed by atoms with van der Waals surface area (Å²) in [5, 5.41) is 3.77. The Bertz CT molecular complexity index is 3760. The van der Waals surface area contributed by atoms with Crippen molar-refractivity contribution >= 4 is 70.7 Å². The molecule has 0 unspecified atom stereocenters. The van der Waals surface area contributed by atoms with Gasteiger partial charge in [0.2, 0.25) is 0 Å². The van der Waals surface area contributed by atoms with E-state index >= 15 is 0 Å². The first-order valence-electron chi connectivity index (χ1n) is 22.4. The molecule has 66 heavy (non-hydrogen) atoms. The summed E-state index contributed by atoms with van der Waals surface area (Å²) < 4.78 is 3.82. The standard InChI is InChI=1S/C61H43N3S2/c1-5-54-50(48-18-10-13-21-55(48)65-54)31-37(2)43-32-44(41-28-30-57-51(35-41)49-19-11-14-22-56(49)66-57)34-45(33-43)60-63-58(39-15-7-6-8-16-39)62-59(64-60)40-25-23-38(24-26-40)42-27-29-47-46-17-9-12-20-52(46)61(3,4)53(47)36-42/h5-36H,1H2,2-4H3/b37-31+. The van der Waals surface area contributed by atoms with E-state index in [9.17, 15) is 0 Å². The fraction of sp³-hybridized carbons (Fsp3) is 0.0656. The van der Waals surface area contributed by atoms with Crippen LogP contribution in [0.15, 0.2) is 189 Å². The molecule has 12 rings (SSSR count). The van der Waals surface area contributed by atoms with Crippen LogP contribution in [0.3, 0.4) is 0 Å². The van der Waals surface area contributed by atoms with Crippen LogP contribution in [0.4, 0.5) is 0 Å². The van der Waals surface area contributed by atoms with Crippen LogP contribution in [0, 0.1) is 0 Å². The lowest BCUT2D eigenvalue weighted by Gasteiger charge is -2.22. The highest BCUT2D eigenvalue weighted by Gasteiger charge is 2.35. The van der Waals surface area contributed by atoms with Crippen molar-refractivity contribution in [1.82, 2.24) is 15.0 Å². The van der Waals surface area contributed by atoms with Gasteiger partial charge in [0, 0.05) is 62.8 Å².